The van der Waals surface area contributed by atoms with E-state index in [4.69, 9.17) is 10.5 Å². The van der Waals surface area contributed by atoms with E-state index in [1.165, 1.54) is 0 Å². The molecule has 0 fully saturated rings. The van der Waals surface area contributed by atoms with E-state index < -0.39 is 11.4 Å². The summed E-state index contributed by atoms with van der Waals surface area (Å²) in [6, 6.07) is 15.3. The van der Waals surface area contributed by atoms with Crippen molar-refractivity contribution in [3.63, 3.8) is 0 Å². The number of aryl methyl sites for hydroxylation is 1. The van der Waals surface area contributed by atoms with Crippen molar-refractivity contribution in [1.29, 1.82) is 0 Å². The van der Waals surface area contributed by atoms with Gasteiger partial charge in [-0.3, -0.25) is 20.1 Å². The number of aromatic nitrogens is 2. The first-order valence-corrected chi connectivity index (χ1v) is 9.61. The summed E-state index contributed by atoms with van der Waals surface area (Å²) in [6.07, 6.45) is 9.05. The van der Waals surface area contributed by atoms with E-state index in [2.05, 4.69) is 15.3 Å². The van der Waals surface area contributed by atoms with Gasteiger partial charge in [0.1, 0.15) is 11.3 Å². The molecule has 0 saturated heterocycles. The molecule has 0 bridgehead atoms. The molecule has 6 heteroatoms. The molecule has 0 aliphatic heterocycles. The molecule has 0 aliphatic carbocycles. The van der Waals surface area contributed by atoms with E-state index in [1.807, 2.05) is 54.7 Å². The second-order valence-electron chi connectivity index (χ2n) is 6.89. The fourth-order valence-corrected chi connectivity index (χ4v) is 3.41. The number of hydrogen-bond acceptors (Lipinski definition) is 5. The van der Waals surface area contributed by atoms with Crippen molar-refractivity contribution in [2.75, 3.05) is 13.7 Å². The van der Waals surface area contributed by atoms with Gasteiger partial charge in [0.15, 0.2) is 0 Å². The Kier molecular flexibility index (Phi) is 6.92. The molecule has 3 N–H and O–H groups in total. The molecule has 0 aliphatic rings. The molecule has 0 spiro atoms. The van der Waals surface area contributed by atoms with Gasteiger partial charge in [-0.05, 0) is 66.3 Å². The monoisotopic (exact) mass is 390 g/mol. The fourth-order valence-electron chi connectivity index (χ4n) is 3.41. The average molecular weight is 390 g/mol. The number of nitrogens with one attached hydrogen (secondary N) is 1. The number of primary amides is 1. The Morgan fingerprint density at radius 1 is 1.00 bits per heavy atom. The summed E-state index contributed by atoms with van der Waals surface area (Å²) in [5, 5.41) is 3.45. The molecule has 3 rings (SSSR count). The summed E-state index contributed by atoms with van der Waals surface area (Å²) < 4.78 is 5.26. The predicted octanol–water partition coefficient (Wildman–Crippen LogP) is 2.63. The van der Waals surface area contributed by atoms with Gasteiger partial charge >= 0.3 is 0 Å². The van der Waals surface area contributed by atoms with Crippen LogP contribution in [0, 0.1) is 0 Å². The Bertz CT molecular complexity index is 901. The van der Waals surface area contributed by atoms with Gasteiger partial charge in [0.25, 0.3) is 0 Å². The number of nitrogens with two attached hydrogens (primary N) is 1. The van der Waals surface area contributed by atoms with Crippen LogP contribution in [0.1, 0.15) is 23.1 Å². The molecule has 0 saturated carbocycles. The zero-order valence-electron chi connectivity index (χ0n) is 16.5. The minimum Gasteiger partial charge on any atom is -0.497 e. The molecular formula is C23H26N4O2. The van der Waals surface area contributed by atoms with Crippen LogP contribution in [0.15, 0.2) is 73.3 Å². The van der Waals surface area contributed by atoms with Gasteiger partial charge in [-0.2, -0.15) is 0 Å². The van der Waals surface area contributed by atoms with Gasteiger partial charge in [-0.1, -0.05) is 18.2 Å². The maximum Gasteiger partial charge on any atom is 0.242 e. The molecule has 1 atom stereocenters. The van der Waals surface area contributed by atoms with Crippen LogP contribution in [0.3, 0.4) is 0 Å². The maximum atomic E-state index is 12.7. The summed E-state index contributed by atoms with van der Waals surface area (Å²) >= 11 is 0. The number of ether oxygens (including phenoxy) is 1. The van der Waals surface area contributed by atoms with Crippen LogP contribution in [0.4, 0.5) is 0 Å². The van der Waals surface area contributed by atoms with Crippen molar-refractivity contribution >= 4 is 5.91 Å². The second-order valence-corrected chi connectivity index (χ2v) is 6.89. The number of carbonyl (C=O) groups is 1. The summed E-state index contributed by atoms with van der Waals surface area (Å²) in [7, 11) is 1.62. The summed E-state index contributed by atoms with van der Waals surface area (Å²) in [6.45, 7) is 0.603. The molecule has 1 aromatic carbocycles. The highest BCUT2D eigenvalue weighted by Gasteiger charge is 2.37. The van der Waals surface area contributed by atoms with Crippen molar-refractivity contribution in [2.45, 2.75) is 24.8 Å². The van der Waals surface area contributed by atoms with Gasteiger partial charge in [0.2, 0.25) is 5.91 Å². The van der Waals surface area contributed by atoms with Crippen molar-refractivity contribution in [1.82, 2.24) is 15.3 Å². The second kappa shape index (κ2) is 9.80. The molecule has 2 heterocycles. The van der Waals surface area contributed by atoms with Crippen molar-refractivity contribution in [2.24, 2.45) is 5.73 Å². The lowest BCUT2D eigenvalue weighted by Gasteiger charge is -2.33. The number of pyridine rings is 2. The number of methoxy groups -OCH3 is 1. The number of benzene rings is 1. The van der Waals surface area contributed by atoms with Gasteiger partial charge < -0.3 is 10.5 Å². The van der Waals surface area contributed by atoms with Crippen LogP contribution in [0.5, 0.6) is 5.75 Å². The maximum absolute atomic E-state index is 12.7. The predicted molar refractivity (Wildman–Crippen MR) is 112 cm³/mol. The third kappa shape index (κ3) is 5.18. The highest BCUT2D eigenvalue weighted by molar-refractivity contribution is 5.86. The first-order chi connectivity index (χ1) is 14.1. The first-order valence-electron chi connectivity index (χ1n) is 9.61. The van der Waals surface area contributed by atoms with E-state index in [0.29, 0.717) is 19.4 Å². The molecule has 29 heavy (non-hydrogen) atoms. The summed E-state index contributed by atoms with van der Waals surface area (Å²) in [5.74, 6) is 0.331. The van der Waals surface area contributed by atoms with Crippen LogP contribution < -0.4 is 15.8 Å². The first kappa shape index (κ1) is 20.5. The van der Waals surface area contributed by atoms with Crippen molar-refractivity contribution < 1.29 is 9.53 Å². The third-order valence-corrected chi connectivity index (χ3v) is 5.10. The summed E-state index contributed by atoms with van der Waals surface area (Å²) in [5.41, 5.74) is 8.00. The van der Waals surface area contributed by atoms with Crippen LogP contribution in [-0.4, -0.2) is 29.5 Å². The molecule has 150 valence electrons. The third-order valence-electron chi connectivity index (χ3n) is 5.10. The number of rotatable bonds is 10. The van der Waals surface area contributed by atoms with Crippen LogP contribution in [0.2, 0.25) is 0 Å². The topological polar surface area (TPSA) is 90.1 Å². The van der Waals surface area contributed by atoms with Crippen LogP contribution in [-0.2, 0) is 23.2 Å². The smallest absolute Gasteiger partial charge is 0.242 e. The lowest BCUT2D eigenvalue weighted by molar-refractivity contribution is -0.125. The van der Waals surface area contributed by atoms with E-state index in [1.54, 1.807) is 25.7 Å². The lowest BCUT2D eigenvalue weighted by Crippen LogP contribution is -2.53. The van der Waals surface area contributed by atoms with Gasteiger partial charge in [-0.15, -0.1) is 0 Å². The van der Waals surface area contributed by atoms with Gasteiger partial charge in [0, 0.05) is 31.3 Å². The Morgan fingerprint density at radius 2 is 1.76 bits per heavy atom. The largest absolute Gasteiger partial charge is 0.497 e. The Morgan fingerprint density at radius 3 is 2.38 bits per heavy atom. The molecule has 1 unspecified atom stereocenters. The number of nitrogens with zero attached hydrogens (tertiary/aromatic N) is 2. The van der Waals surface area contributed by atoms with E-state index in [9.17, 15) is 4.79 Å². The fraction of sp³-hybridized carbons (Fsp3) is 0.261. The SMILES string of the molecule is COc1ccc(C(CCc2cccnc2)(NCCc2ccncc2)C(N)=O)cc1. The highest BCUT2D eigenvalue weighted by Crippen LogP contribution is 2.29. The summed E-state index contributed by atoms with van der Waals surface area (Å²) in [4.78, 5) is 21.0. The van der Waals surface area contributed by atoms with Crippen LogP contribution >= 0.6 is 0 Å². The van der Waals surface area contributed by atoms with Crippen molar-refractivity contribution in [3.8, 4) is 5.75 Å². The standard InChI is InChI=1S/C23H26N4O2/c1-29-21-6-4-20(5-7-21)23(22(24)28,12-8-19-3-2-13-26-17-19)27-16-11-18-9-14-25-15-10-18/h2-7,9-10,13-15,17,27H,8,11-12,16H2,1H3,(H2,24,28). The van der Waals surface area contributed by atoms with Crippen LogP contribution in [0.25, 0.3) is 0 Å². The highest BCUT2D eigenvalue weighted by atomic mass is 16.5. The zero-order valence-corrected chi connectivity index (χ0v) is 16.5. The Balaban J connectivity index is 1.84. The Labute approximate surface area is 171 Å². The lowest BCUT2D eigenvalue weighted by atomic mass is 9.83. The molecule has 6 nitrogen and oxygen atoms in total. The minimum atomic E-state index is -0.991. The van der Waals surface area contributed by atoms with E-state index in [0.717, 1.165) is 28.9 Å². The number of hydrogen-bond donors (Lipinski definition) is 2. The number of carbonyl (C=O) groups excluding carboxylic acids is 1. The van der Waals surface area contributed by atoms with Gasteiger partial charge in [0.05, 0.1) is 7.11 Å². The average Bonchev–Trinajstić information content (AvgIpc) is 2.77. The van der Waals surface area contributed by atoms with Crippen molar-refractivity contribution in [3.05, 3.63) is 90.0 Å². The van der Waals surface area contributed by atoms with E-state index >= 15 is 0 Å². The Hall–Kier alpha value is -3.25. The van der Waals surface area contributed by atoms with Gasteiger partial charge in [-0.25, -0.2) is 0 Å². The normalized spacial score (nSPS) is 12.9. The molecule has 1 amide bonds. The quantitative estimate of drug-likeness (QED) is 0.555. The minimum absolute atomic E-state index is 0.402. The molecule has 3 aromatic rings. The molecular weight excluding hydrogens is 364 g/mol. The molecule has 2 aromatic heterocycles. The van der Waals surface area contributed by atoms with E-state index in [-0.39, 0.29) is 0 Å². The number of amides is 1. The molecule has 0 radical (unpaired) electrons. The zero-order chi connectivity index (χ0) is 20.5.